The van der Waals surface area contributed by atoms with E-state index in [0.717, 1.165) is 11.6 Å². The van der Waals surface area contributed by atoms with Crippen molar-refractivity contribution in [3.8, 4) is 11.3 Å². The van der Waals surface area contributed by atoms with Crippen molar-refractivity contribution in [2.45, 2.75) is 20.0 Å². The van der Waals surface area contributed by atoms with Crippen LogP contribution in [-0.2, 0) is 11.0 Å². The molecule has 0 fully saturated rings. The summed E-state index contributed by atoms with van der Waals surface area (Å²) in [7, 11) is 0. The van der Waals surface area contributed by atoms with Gasteiger partial charge in [-0.1, -0.05) is 29.8 Å². The highest BCUT2D eigenvalue weighted by Crippen LogP contribution is 2.31. The number of anilines is 1. The molecule has 1 amide bonds. The van der Waals surface area contributed by atoms with E-state index in [1.54, 1.807) is 24.3 Å². The molecule has 1 aromatic heterocycles. The lowest BCUT2D eigenvalue weighted by atomic mass is 10.1. The molecule has 0 aliphatic heterocycles. The van der Waals surface area contributed by atoms with E-state index in [4.69, 9.17) is 0 Å². The zero-order valence-corrected chi connectivity index (χ0v) is 11.3. The summed E-state index contributed by atoms with van der Waals surface area (Å²) in [5, 5.41) is 2.18. The highest BCUT2D eigenvalue weighted by molar-refractivity contribution is 5.87. The van der Waals surface area contributed by atoms with E-state index in [0.29, 0.717) is 5.56 Å². The minimum absolute atomic E-state index is 0.0982. The molecule has 1 heterocycles. The number of alkyl halides is 3. The molecular formula is C14H12F3N3O. The van der Waals surface area contributed by atoms with Gasteiger partial charge < -0.3 is 0 Å². The smallest absolute Gasteiger partial charge is 0.295 e. The van der Waals surface area contributed by atoms with Crippen molar-refractivity contribution in [3.63, 3.8) is 0 Å². The summed E-state index contributed by atoms with van der Waals surface area (Å²) in [6.07, 6.45) is -4.62. The van der Waals surface area contributed by atoms with Crippen molar-refractivity contribution >= 4 is 11.9 Å². The molecule has 0 saturated heterocycles. The van der Waals surface area contributed by atoms with Gasteiger partial charge in [-0.05, 0) is 13.0 Å². The number of nitrogens with zero attached hydrogens (tertiary/aromatic N) is 2. The number of nitrogens with one attached hydrogen (secondary N) is 1. The average molecular weight is 295 g/mol. The fourth-order valence-corrected chi connectivity index (χ4v) is 1.68. The molecule has 0 spiro atoms. The number of aromatic nitrogens is 2. The van der Waals surface area contributed by atoms with Crippen LogP contribution in [0, 0.1) is 6.92 Å². The number of benzene rings is 1. The monoisotopic (exact) mass is 295 g/mol. The second-order valence-corrected chi connectivity index (χ2v) is 4.51. The number of amides is 1. The maximum absolute atomic E-state index is 12.9. The van der Waals surface area contributed by atoms with Crippen LogP contribution in [-0.4, -0.2) is 15.9 Å². The summed E-state index contributed by atoms with van der Waals surface area (Å²) < 4.78 is 38.6. The van der Waals surface area contributed by atoms with E-state index in [-0.39, 0.29) is 11.6 Å². The van der Waals surface area contributed by atoms with Gasteiger partial charge in [-0.2, -0.15) is 13.2 Å². The van der Waals surface area contributed by atoms with Gasteiger partial charge in [0, 0.05) is 12.5 Å². The van der Waals surface area contributed by atoms with Crippen LogP contribution in [0.1, 0.15) is 18.2 Å². The molecular weight excluding hydrogens is 283 g/mol. The molecule has 0 radical (unpaired) electrons. The Kier molecular flexibility index (Phi) is 3.93. The molecule has 21 heavy (non-hydrogen) atoms. The summed E-state index contributed by atoms with van der Waals surface area (Å²) in [5.41, 5.74) is 0.490. The van der Waals surface area contributed by atoms with E-state index in [9.17, 15) is 18.0 Å². The summed E-state index contributed by atoms with van der Waals surface area (Å²) in [5.74, 6) is -0.905. The number of rotatable bonds is 2. The summed E-state index contributed by atoms with van der Waals surface area (Å²) in [6, 6.07) is 7.71. The third-order valence-electron chi connectivity index (χ3n) is 2.65. The molecule has 7 heteroatoms. The van der Waals surface area contributed by atoms with Crippen molar-refractivity contribution in [1.82, 2.24) is 9.97 Å². The molecule has 0 atom stereocenters. The Morgan fingerprint density at radius 1 is 1.14 bits per heavy atom. The van der Waals surface area contributed by atoms with Crippen molar-refractivity contribution in [2.24, 2.45) is 0 Å². The molecule has 110 valence electrons. The molecule has 0 aliphatic rings. The molecule has 0 saturated carbocycles. The maximum Gasteiger partial charge on any atom is 0.433 e. The van der Waals surface area contributed by atoms with Crippen LogP contribution in [0.15, 0.2) is 30.3 Å². The zero-order chi connectivity index (χ0) is 15.6. The molecule has 2 rings (SSSR count). The highest BCUT2D eigenvalue weighted by atomic mass is 19.4. The Labute approximate surface area is 119 Å². The normalized spacial score (nSPS) is 11.3. The second kappa shape index (κ2) is 5.51. The Bertz CT molecular complexity index is 666. The fraction of sp³-hybridized carbons (Fsp3) is 0.214. The topological polar surface area (TPSA) is 54.9 Å². The second-order valence-electron chi connectivity index (χ2n) is 4.51. The summed E-state index contributed by atoms with van der Waals surface area (Å²) in [4.78, 5) is 18.3. The first-order valence-corrected chi connectivity index (χ1v) is 6.06. The predicted molar refractivity (Wildman–Crippen MR) is 71.5 cm³/mol. The number of aryl methyl sites for hydroxylation is 1. The van der Waals surface area contributed by atoms with Crippen molar-refractivity contribution in [1.29, 1.82) is 0 Å². The fourth-order valence-electron chi connectivity index (χ4n) is 1.68. The molecule has 4 nitrogen and oxygen atoms in total. The van der Waals surface area contributed by atoms with Crippen LogP contribution in [0.25, 0.3) is 11.3 Å². The quantitative estimate of drug-likeness (QED) is 0.923. The van der Waals surface area contributed by atoms with Crippen molar-refractivity contribution < 1.29 is 18.0 Å². The van der Waals surface area contributed by atoms with E-state index in [1.165, 1.54) is 6.92 Å². The van der Waals surface area contributed by atoms with Crippen LogP contribution < -0.4 is 5.32 Å². The van der Waals surface area contributed by atoms with E-state index in [2.05, 4.69) is 15.3 Å². The molecule has 0 aliphatic carbocycles. The molecule has 0 bridgehead atoms. The van der Waals surface area contributed by atoms with E-state index >= 15 is 0 Å². The van der Waals surface area contributed by atoms with Crippen LogP contribution in [0.4, 0.5) is 19.1 Å². The lowest BCUT2D eigenvalue weighted by Gasteiger charge is -2.10. The minimum Gasteiger partial charge on any atom is -0.295 e. The third-order valence-corrected chi connectivity index (χ3v) is 2.65. The van der Waals surface area contributed by atoms with Crippen LogP contribution in [0.5, 0.6) is 0 Å². The van der Waals surface area contributed by atoms with Crippen molar-refractivity contribution in [3.05, 3.63) is 41.6 Å². The maximum atomic E-state index is 12.9. The first-order valence-electron chi connectivity index (χ1n) is 6.06. The lowest BCUT2D eigenvalue weighted by molar-refractivity contribution is -0.141. The van der Waals surface area contributed by atoms with Gasteiger partial charge in [0.25, 0.3) is 0 Å². The Morgan fingerprint density at radius 2 is 1.76 bits per heavy atom. The Morgan fingerprint density at radius 3 is 2.29 bits per heavy atom. The summed E-state index contributed by atoms with van der Waals surface area (Å²) >= 11 is 0. The largest absolute Gasteiger partial charge is 0.433 e. The van der Waals surface area contributed by atoms with Gasteiger partial charge in [-0.15, -0.1) is 0 Å². The lowest BCUT2D eigenvalue weighted by Crippen LogP contribution is -2.15. The van der Waals surface area contributed by atoms with Gasteiger partial charge >= 0.3 is 6.18 Å². The van der Waals surface area contributed by atoms with E-state index in [1.807, 2.05) is 6.92 Å². The van der Waals surface area contributed by atoms with Gasteiger partial charge in [-0.25, -0.2) is 9.97 Å². The minimum atomic E-state index is -4.62. The predicted octanol–water partition coefficient (Wildman–Crippen LogP) is 3.43. The van der Waals surface area contributed by atoms with E-state index < -0.39 is 17.8 Å². The van der Waals surface area contributed by atoms with Gasteiger partial charge in [0.2, 0.25) is 11.9 Å². The number of halogens is 3. The Hall–Kier alpha value is -2.44. The number of hydrogen-bond donors (Lipinski definition) is 1. The number of hydrogen-bond acceptors (Lipinski definition) is 3. The highest BCUT2D eigenvalue weighted by Gasteiger charge is 2.33. The number of carbonyl (C=O) groups excluding carboxylic acids is 1. The zero-order valence-electron chi connectivity index (χ0n) is 11.3. The van der Waals surface area contributed by atoms with Crippen LogP contribution in [0.3, 0.4) is 0 Å². The first kappa shape index (κ1) is 15.0. The first-order chi connectivity index (χ1) is 9.75. The molecule has 2 aromatic rings. The van der Waals surface area contributed by atoms with Gasteiger partial charge in [0.15, 0.2) is 5.69 Å². The summed E-state index contributed by atoms with van der Waals surface area (Å²) in [6.45, 7) is 3.04. The van der Waals surface area contributed by atoms with Crippen LogP contribution in [0.2, 0.25) is 0 Å². The third kappa shape index (κ3) is 3.77. The number of carbonyl (C=O) groups is 1. The Balaban J connectivity index is 2.54. The van der Waals surface area contributed by atoms with Gasteiger partial charge in [-0.3, -0.25) is 10.1 Å². The standard InChI is InChI=1S/C14H12F3N3O/c1-8-3-5-10(6-4-8)11-7-12(14(15,16)17)20-13(19-11)18-9(2)21/h3-7H,1-2H3,(H,18,19,20,21). The van der Waals surface area contributed by atoms with Gasteiger partial charge in [0.1, 0.15) is 0 Å². The van der Waals surface area contributed by atoms with Gasteiger partial charge in [0.05, 0.1) is 5.69 Å². The van der Waals surface area contributed by atoms with Crippen molar-refractivity contribution in [2.75, 3.05) is 5.32 Å². The van der Waals surface area contributed by atoms with Crippen LogP contribution >= 0.6 is 0 Å². The average Bonchev–Trinajstić information content (AvgIpc) is 2.37. The SMILES string of the molecule is CC(=O)Nc1nc(-c2ccc(C)cc2)cc(C(F)(F)F)n1. The molecule has 0 unspecified atom stereocenters. The molecule has 1 N–H and O–H groups in total. The molecule has 1 aromatic carbocycles.